The molecule has 0 radical (unpaired) electrons. The quantitative estimate of drug-likeness (QED) is 0.0228. The largest absolute Gasteiger partial charge is 0.479 e. The van der Waals surface area contributed by atoms with Crippen molar-refractivity contribution in [3.05, 3.63) is 48.6 Å². The molecule has 6 atom stereocenters. The number of aliphatic hydroxyl groups excluding tert-OH is 2. The monoisotopic (exact) mass is 1140 g/mol. The molecule has 6 unspecified atom stereocenters. The van der Waals surface area contributed by atoms with E-state index >= 15 is 0 Å². The highest BCUT2D eigenvalue weighted by atomic mass is 16.7. The summed E-state index contributed by atoms with van der Waals surface area (Å²) in [5, 5.41) is 31.6. The highest BCUT2D eigenvalue weighted by Gasteiger charge is 2.50. The summed E-state index contributed by atoms with van der Waals surface area (Å²) in [7, 11) is 0. The molecule has 1 saturated heterocycles. The standard InChI is InChI=1S/C69H122O12/c1-4-7-10-13-16-19-22-25-28-30-31-33-35-37-40-43-46-49-52-55-61(70)77-58-60(79-62(71)56-53-50-47-44-41-39-36-32-29-26-23-20-17-14-11-8-5-2)59-78-69-67(65(74)64(73)66(81-69)68(75)76)80-63(72)57-54-51-48-45-42-38-34-27-24-21-18-15-12-9-6-3/h18,21,25-29,34,60,64-67,69,73-74H,4-17,19-20,22-24,30-33,35-59H2,1-3H3,(H,75,76)/b21-18-,28-25-,29-26-,34-27-. The predicted octanol–water partition coefficient (Wildman–Crippen LogP) is 18.1. The van der Waals surface area contributed by atoms with E-state index in [1.54, 1.807) is 0 Å². The lowest BCUT2D eigenvalue weighted by atomic mass is 9.98. The first-order valence-electron chi connectivity index (χ1n) is 33.6. The van der Waals surface area contributed by atoms with Gasteiger partial charge < -0.3 is 39.0 Å². The highest BCUT2D eigenvalue weighted by molar-refractivity contribution is 5.74. The minimum Gasteiger partial charge on any atom is -0.479 e. The number of hydrogen-bond acceptors (Lipinski definition) is 11. The fourth-order valence-corrected chi connectivity index (χ4v) is 10.2. The van der Waals surface area contributed by atoms with E-state index in [1.165, 1.54) is 161 Å². The lowest BCUT2D eigenvalue weighted by molar-refractivity contribution is -0.301. The van der Waals surface area contributed by atoms with Gasteiger partial charge in [0.15, 0.2) is 24.6 Å². The van der Waals surface area contributed by atoms with Crippen molar-refractivity contribution in [1.82, 2.24) is 0 Å². The van der Waals surface area contributed by atoms with Gasteiger partial charge in [-0.2, -0.15) is 0 Å². The van der Waals surface area contributed by atoms with Gasteiger partial charge in [-0.05, 0) is 103 Å². The second kappa shape index (κ2) is 57.1. The molecule has 3 N–H and O–H groups in total. The Morgan fingerprint density at radius 1 is 0.407 bits per heavy atom. The van der Waals surface area contributed by atoms with Crippen LogP contribution in [0.3, 0.4) is 0 Å². The third-order valence-corrected chi connectivity index (χ3v) is 15.3. The van der Waals surface area contributed by atoms with Gasteiger partial charge in [-0.25, -0.2) is 4.79 Å². The molecule has 0 spiro atoms. The van der Waals surface area contributed by atoms with Gasteiger partial charge in [-0.15, -0.1) is 0 Å². The lowest BCUT2D eigenvalue weighted by Gasteiger charge is -2.40. The molecule has 0 bridgehead atoms. The number of unbranched alkanes of at least 4 members (excludes halogenated alkanes) is 36. The van der Waals surface area contributed by atoms with Gasteiger partial charge in [0.25, 0.3) is 0 Å². The highest BCUT2D eigenvalue weighted by Crippen LogP contribution is 2.27. The fraction of sp³-hybridized carbons (Fsp3) is 0.826. The average molecular weight is 1140 g/mol. The molecule has 470 valence electrons. The smallest absolute Gasteiger partial charge is 0.335 e. The molecule has 0 amide bonds. The molecule has 0 aliphatic carbocycles. The van der Waals surface area contributed by atoms with Gasteiger partial charge in [0, 0.05) is 19.3 Å². The molecule has 12 heteroatoms. The van der Waals surface area contributed by atoms with Gasteiger partial charge in [0.1, 0.15) is 18.8 Å². The predicted molar refractivity (Wildman–Crippen MR) is 331 cm³/mol. The number of carboxylic acids is 1. The summed E-state index contributed by atoms with van der Waals surface area (Å²) < 4.78 is 28.6. The van der Waals surface area contributed by atoms with Gasteiger partial charge in [0.05, 0.1) is 6.61 Å². The molecule has 1 fully saturated rings. The van der Waals surface area contributed by atoms with Crippen LogP contribution >= 0.6 is 0 Å². The summed E-state index contributed by atoms with van der Waals surface area (Å²) in [5.41, 5.74) is 0. The van der Waals surface area contributed by atoms with Crippen LogP contribution in [0.2, 0.25) is 0 Å². The third kappa shape index (κ3) is 46.7. The SMILES string of the molecule is CCCCC/C=C\C/C=C\CCCCCCCC(=O)OC1C(OCC(COC(=O)CCCCCCCCCCC/C=C\CCCCCCCC)OC(=O)CCCCCCCCC/C=C\CCCCCCCC)OC(C(=O)O)C(O)C1O. The van der Waals surface area contributed by atoms with Crippen LogP contribution in [0, 0.1) is 0 Å². The Morgan fingerprint density at radius 3 is 1.15 bits per heavy atom. The van der Waals surface area contributed by atoms with E-state index in [0.717, 1.165) is 96.3 Å². The topological polar surface area (TPSA) is 175 Å². The minimum absolute atomic E-state index is 0.0454. The Bertz CT molecular complexity index is 1590. The van der Waals surface area contributed by atoms with E-state index in [9.17, 15) is 34.5 Å². The molecular formula is C69H122O12. The maximum atomic E-state index is 13.2. The molecular weight excluding hydrogens is 1020 g/mol. The van der Waals surface area contributed by atoms with Crippen molar-refractivity contribution in [2.45, 2.75) is 353 Å². The Hall–Kier alpha value is -3.32. The Labute approximate surface area is 494 Å². The van der Waals surface area contributed by atoms with Crippen molar-refractivity contribution in [3.63, 3.8) is 0 Å². The van der Waals surface area contributed by atoms with Crippen molar-refractivity contribution >= 4 is 23.9 Å². The number of carbonyl (C=O) groups is 4. The van der Waals surface area contributed by atoms with E-state index in [-0.39, 0.29) is 25.9 Å². The Kier molecular flexibility index (Phi) is 53.4. The Balaban J connectivity index is 2.65. The first kappa shape index (κ1) is 75.7. The number of allylic oxidation sites excluding steroid dienone is 8. The van der Waals surface area contributed by atoms with Crippen LogP contribution in [-0.2, 0) is 42.9 Å². The number of carboxylic acid groups (broad SMARTS) is 1. The summed E-state index contributed by atoms with van der Waals surface area (Å²) in [6, 6.07) is 0. The van der Waals surface area contributed by atoms with E-state index in [2.05, 4.69) is 69.4 Å². The molecule has 81 heavy (non-hydrogen) atoms. The molecule has 1 aliphatic rings. The first-order valence-corrected chi connectivity index (χ1v) is 33.6. The molecule has 12 nitrogen and oxygen atoms in total. The van der Waals surface area contributed by atoms with Crippen molar-refractivity contribution in [1.29, 1.82) is 0 Å². The zero-order valence-electron chi connectivity index (χ0n) is 52.0. The summed E-state index contributed by atoms with van der Waals surface area (Å²) in [6.45, 7) is 5.99. The average Bonchev–Trinajstić information content (AvgIpc) is 3.53. The molecule has 0 saturated carbocycles. The molecule has 1 heterocycles. The van der Waals surface area contributed by atoms with Crippen LogP contribution < -0.4 is 0 Å². The maximum Gasteiger partial charge on any atom is 0.335 e. The summed E-state index contributed by atoms with van der Waals surface area (Å²) in [5.74, 6) is -3.12. The second-order valence-electron chi connectivity index (χ2n) is 23.1. The van der Waals surface area contributed by atoms with Crippen molar-refractivity contribution < 1.29 is 58.2 Å². The van der Waals surface area contributed by atoms with Crippen LogP contribution in [0.1, 0.15) is 316 Å². The number of carbonyl (C=O) groups excluding carboxylic acids is 3. The van der Waals surface area contributed by atoms with Crippen LogP contribution in [0.5, 0.6) is 0 Å². The van der Waals surface area contributed by atoms with Gasteiger partial charge in [-0.3, -0.25) is 14.4 Å². The van der Waals surface area contributed by atoms with E-state index in [0.29, 0.717) is 19.3 Å². The summed E-state index contributed by atoms with van der Waals surface area (Å²) in [4.78, 5) is 51.4. The van der Waals surface area contributed by atoms with Crippen molar-refractivity contribution in [2.75, 3.05) is 13.2 Å². The third-order valence-electron chi connectivity index (χ3n) is 15.3. The number of hydrogen-bond donors (Lipinski definition) is 3. The van der Waals surface area contributed by atoms with E-state index < -0.39 is 67.3 Å². The van der Waals surface area contributed by atoms with Crippen LogP contribution in [0.15, 0.2) is 48.6 Å². The van der Waals surface area contributed by atoms with Crippen LogP contribution in [0.4, 0.5) is 0 Å². The fourth-order valence-electron chi connectivity index (χ4n) is 10.2. The van der Waals surface area contributed by atoms with Gasteiger partial charge in [-0.1, -0.05) is 243 Å². The summed E-state index contributed by atoms with van der Waals surface area (Å²) in [6.07, 6.45) is 57.8. The normalized spacial score (nSPS) is 18.0. The number of aliphatic carboxylic acids is 1. The summed E-state index contributed by atoms with van der Waals surface area (Å²) >= 11 is 0. The van der Waals surface area contributed by atoms with Crippen molar-refractivity contribution in [3.8, 4) is 0 Å². The molecule has 0 aromatic rings. The molecule has 0 aromatic heterocycles. The van der Waals surface area contributed by atoms with Crippen LogP contribution in [0.25, 0.3) is 0 Å². The number of esters is 3. The number of aliphatic hydroxyl groups is 2. The second-order valence-corrected chi connectivity index (χ2v) is 23.1. The maximum absolute atomic E-state index is 13.2. The van der Waals surface area contributed by atoms with E-state index in [4.69, 9.17) is 23.7 Å². The Morgan fingerprint density at radius 2 is 0.741 bits per heavy atom. The van der Waals surface area contributed by atoms with Crippen LogP contribution in [-0.4, -0.2) is 89.2 Å². The lowest BCUT2D eigenvalue weighted by Crippen LogP contribution is -2.61. The van der Waals surface area contributed by atoms with E-state index in [1.807, 2.05) is 0 Å². The molecule has 1 rings (SSSR count). The molecule has 1 aliphatic heterocycles. The van der Waals surface area contributed by atoms with Gasteiger partial charge >= 0.3 is 23.9 Å². The zero-order valence-corrected chi connectivity index (χ0v) is 52.0. The van der Waals surface area contributed by atoms with Crippen molar-refractivity contribution in [2.24, 2.45) is 0 Å². The zero-order chi connectivity index (χ0) is 58.9. The first-order chi connectivity index (χ1) is 39.6. The minimum atomic E-state index is -1.91. The molecule has 0 aromatic carbocycles. The van der Waals surface area contributed by atoms with Gasteiger partial charge in [0.2, 0.25) is 0 Å². The number of rotatable bonds is 58. The number of ether oxygens (including phenoxy) is 5.